The normalized spacial score (nSPS) is 15.6. The summed E-state index contributed by atoms with van der Waals surface area (Å²) >= 11 is 0. The molecule has 0 spiro atoms. The van der Waals surface area contributed by atoms with Crippen LogP contribution in [0.5, 0.6) is 11.5 Å². The molecule has 1 aliphatic carbocycles. The first-order valence-corrected chi connectivity index (χ1v) is 7.03. The molecule has 1 unspecified atom stereocenters. The molecular formula is C17H18FNO2. The maximum Gasteiger partial charge on any atom is 0.165 e. The van der Waals surface area contributed by atoms with Crippen molar-refractivity contribution in [3.05, 3.63) is 59.4 Å². The first-order valence-electron chi connectivity index (χ1n) is 7.03. The third-order valence-electron chi connectivity index (χ3n) is 3.60. The predicted molar refractivity (Wildman–Crippen MR) is 79.1 cm³/mol. The fourth-order valence-electron chi connectivity index (χ4n) is 2.20. The summed E-state index contributed by atoms with van der Waals surface area (Å²) in [5, 5.41) is 0. The number of nitrogens with two attached hydrogens (primary N) is 1. The lowest BCUT2D eigenvalue weighted by atomic mass is 9.99. The molecule has 3 nitrogen and oxygen atoms in total. The van der Waals surface area contributed by atoms with Crippen molar-refractivity contribution in [2.75, 3.05) is 7.11 Å². The highest BCUT2D eigenvalue weighted by molar-refractivity contribution is 5.38. The van der Waals surface area contributed by atoms with E-state index in [-0.39, 0.29) is 11.8 Å². The van der Waals surface area contributed by atoms with Gasteiger partial charge in [0.2, 0.25) is 0 Å². The van der Waals surface area contributed by atoms with Gasteiger partial charge in [-0.2, -0.15) is 0 Å². The van der Waals surface area contributed by atoms with E-state index >= 15 is 0 Å². The van der Waals surface area contributed by atoms with Gasteiger partial charge in [-0.25, -0.2) is 4.39 Å². The van der Waals surface area contributed by atoms with Crippen molar-refractivity contribution in [2.45, 2.75) is 25.0 Å². The van der Waals surface area contributed by atoms with Crippen LogP contribution in [0.2, 0.25) is 0 Å². The lowest BCUT2D eigenvalue weighted by molar-refractivity contribution is 0.303. The van der Waals surface area contributed by atoms with E-state index in [1.165, 1.54) is 13.2 Å². The molecule has 1 atom stereocenters. The SMILES string of the molecule is COc1ccc(C(N)c2ccc(OC3CC3)cc2)cc1F. The van der Waals surface area contributed by atoms with Gasteiger partial charge in [0.25, 0.3) is 0 Å². The molecule has 2 N–H and O–H groups in total. The zero-order valence-corrected chi connectivity index (χ0v) is 11.9. The van der Waals surface area contributed by atoms with E-state index in [9.17, 15) is 4.39 Å². The number of methoxy groups -OCH3 is 1. The second-order valence-corrected chi connectivity index (χ2v) is 5.26. The highest BCUT2D eigenvalue weighted by atomic mass is 19.1. The Morgan fingerprint density at radius 2 is 1.76 bits per heavy atom. The summed E-state index contributed by atoms with van der Waals surface area (Å²) in [6.45, 7) is 0. The monoisotopic (exact) mass is 287 g/mol. The number of halogens is 1. The van der Waals surface area contributed by atoms with Crippen LogP contribution in [-0.4, -0.2) is 13.2 Å². The van der Waals surface area contributed by atoms with Crippen LogP contribution in [0.1, 0.15) is 30.0 Å². The molecule has 1 saturated carbocycles. The Labute approximate surface area is 123 Å². The molecule has 3 rings (SSSR count). The summed E-state index contributed by atoms with van der Waals surface area (Å²) in [5.41, 5.74) is 7.82. The van der Waals surface area contributed by atoms with Crippen molar-refractivity contribution < 1.29 is 13.9 Å². The zero-order chi connectivity index (χ0) is 14.8. The average molecular weight is 287 g/mol. The van der Waals surface area contributed by atoms with Crippen LogP contribution in [-0.2, 0) is 0 Å². The third kappa shape index (κ3) is 3.16. The van der Waals surface area contributed by atoms with E-state index in [0.29, 0.717) is 11.7 Å². The largest absolute Gasteiger partial charge is 0.494 e. The molecule has 2 aromatic rings. The van der Waals surface area contributed by atoms with Crippen molar-refractivity contribution in [1.82, 2.24) is 0 Å². The quantitative estimate of drug-likeness (QED) is 0.916. The molecule has 0 saturated heterocycles. The number of hydrogen-bond donors (Lipinski definition) is 1. The molecule has 0 aromatic heterocycles. The molecule has 4 heteroatoms. The average Bonchev–Trinajstić information content (AvgIpc) is 3.31. The van der Waals surface area contributed by atoms with Crippen molar-refractivity contribution in [1.29, 1.82) is 0 Å². The minimum atomic E-state index is -0.404. The van der Waals surface area contributed by atoms with Crippen molar-refractivity contribution >= 4 is 0 Å². The molecule has 110 valence electrons. The fourth-order valence-corrected chi connectivity index (χ4v) is 2.20. The molecule has 1 aliphatic rings. The molecular weight excluding hydrogens is 269 g/mol. The third-order valence-corrected chi connectivity index (χ3v) is 3.60. The summed E-state index contributed by atoms with van der Waals surface area (Å²) in [7, 11) is 1.44. The van der Waals surface area contributed by atoms with Gasteiger partial charge in [0.15, 0.2) is 11.6 Å². The van der Waals surface area contributed by atoms with Crippen LogP contribution in [0, 0.1) is 5.82 Å². The van der Waals surface area contributed by atoms with Crippen molar-refractivity contribution in [3.63, 3.8) is 0 Å². The van der Waals surface area contributed by atoms with Gasteiger partial charge in [0.1, 0.15) is 5.75 Å². The van der Waals surface area contributed by atoms with Crippen LogP contribution in [0.25, 0.3) is 0 Å². The van der Waals surface area contributed by atoms with E-state index in [4.69, 9.17) is 15.2 Å². The lowest BCUT2D eigenvalue weighted by Gasteiger charge is -2.14. The van der Waals surface area contributed by atoms with Crippen LogP contribution >= 0.6 is 0 Å². The molecule has 0 amide bonds. The Balaban J connectivity index is 1.77. The van der Waals surface area contributed by atoms with Gasteiger partial charge in [0.05, 0.1) is 19.3 Å². The number of benzene rings is 2. The van der Waals surface area contributed by atoms with Crippen LogP contribution in [0.3, 0.4) is 0 Å². The van der Waals surface area contributed by atoms with E-state index in [1.807, 2.05) is 24.3 Å². The maximum absolute atomic E-state index is 13.7. The minimum absolute atomic E-state index is 0.221. The van der Waals surface area contributed by atoms with Gasteiger partial charge in [-0.05, 0) is 48.2 Å². The Hall–Kier alpha value is -2.07. The highest BCUT2D eigenvalue weighted by Gasteiger charge is 2.23. The van der Waals surface area contributed by atoms with E-state index < -0.39 is 5.82 Å². The van der Waals surface area contributed by atoms with E-state index in [1.54, 1.807) is 12.1 Å². The van der Waals surface area contributed by atoms with E-state index in [2.05, 4.69) is 0 Å². The van der Waals surface area contributed by atoms with Crippen LogP contribution in [0.4, 0.5) is 4.39 Å². The van der Waals surface area contributed by atoms with Gasteiger partial charge < -0.3 is 15.2 Å². The van der Waals surface area contributed by atoms with E-state index in [0.717, 1.165) is 24.2 Å². The van der Waals surface area contributed by atoms with Gasteiger partial charge in [0, 0.05) is 0 Å². The Kier molecular flexibility index (Phi) is 3.80. The molecule has 2 aromatic carbocycles. The first kappa shape index (κ1) is 13.9. The van der Waals surface area contributed by atoms with Crippen LogP contribution in [0.15, 0.2) is 42.5 Å². The van der Waals surface area contributed by atoms with Gasteiger partial charge in [-0.1, -0.05) is 18.2 Å². The maximum atomic E-state index is 13.7. The number of ether oxygens (including phenoxy) is 2. The Bertz CT molecular complexity index is 623. The second-order valence-electron chi connectivity index (χ2n) is 5.26. The smallest absolute Gasteiger partial charge is 0.165 e. The highest BCUT2D eigenvalue weighted by Crippen LogP contribution is 2.29. The Morgan fingerprint density at radius 3 is 2.33 bits per heavy atom. The summed E-state index contributed by atoms with van der Waals surface area (Å²) in [6.07, 6.45) is 2.64. The second kappa shape index (κ2) is 5.74. The summed E-state index contributed by atoms with van der Waals surface area (Å²) in [4.78, 5) is 0. The molecule has 0 heterocycles. The molecule has 0 aliphatic heterocycles. The summed E-state index contributed by atoms with van der Waals surface area (Å²) in [5.74, 6) is 0.674. The summed E-state index contributed by atoms with van der Waals surface area (Å²) in [6, 6.07) is 12.1. The van der Waals surface area contributed by atoms with Gasteiger partial charge in [-0.3, -0.25) is 0 Å². The zero-order valence-electron chi connectivity index (χ0n) is 11.9. The van der Waals surface area contributed by atoms with Crippen LogP contribution < -0.4 is 15.2 Å². The fraction of sp³-hybridized carbons (Fsp3) is 0.294. The summed E-state index contributed by atoms with van der Waals surface area (Å²) < 4.78 is 24.3. The molecule has 0 radical (unpaired) electrons. The minimum Gasteiger partial charge on any atom is -0.494 e. The molecule has 1 fully saturated rings. The standard InChI is InChI=1S/C17H18FNO2/c1-20-16-9-4-12(10-15(16)18)17(19)11-2-5-13(6-3-11)21-14-7-8-14/h2-6,9-10,14,17H,7-8,19H2,1H3. The number of rotatable bonds is 5. The molecule has 21 heavy (non-hydrogen) atoms. The van der Waals surface area contributed by atoms with Gasteiger partial charge >= 0.3 is 0 Å². The lowest BCUT2D eigenvalue weighted by Crippen LogP contribution is -2.12. The number of hydrogen-bond acceptors (Lipinski definition) is 3. The van der Waals surface area contributed by atoms with Crippen molar-refractivity contribution in [2.24, 2.45) is 5.73 Å². The van der Waals surface area contributed by atoms with Crippen molar-refractivity contribution in [3.8, 4) is 11.5 Å². The topological polar surface area (TPSA) is 44.5 Å². The first-order chi connectivity index (χ1) is 10.2. The predicted octanol–water partition coefficient (Wildman–Crippen LogP) is 3.42. The van der Waals surface area contributed by atoms with Gasteiger partial charge in [-0.15, -0.1) is 0 Å². The molecule has 0 bridgehead atoms. The Morgan fingerprint density at radius 1 is 1.10 bits per heavy atom.